The van der Waals surface area contributed by atoms with Crippen molar-refractivity contribution in [1.29, 1.82) is 5.26 Å². The molecule has 2 heterocycles. The Morgan fingerprint density at radius 2 is 2.26 bits per heavy atom. The fraction of sp³-hybridized carbons (Fsp3) is 0.286. The molecule has 2 rings (SSSR count). The highest BCUT2D eigenvalue weighted by molar-refractivity contribution is 5.41. The van der Waals surface area contributed by atoms with Crippen LogP contribution in [-0.4, -0.2) is 25.2 Å². The van der Waals surface area contributed by atoms with Crippen molar-refractivity contribution in [3.05, 3.63) is 48.0 Å². The minimum atomic E-state index is 0.402. The second-order valence-electron chi connectivity index (χ2n) is 3.99. The molecule has 0 bridgehead atoms. The standard InChI is InChI=1S/C14H15N3O2/c1-18-9-7-17(11-13-5-3-8-19-13)14-6-2-4-12(10-15)16-14/h2-6,8H,7,9,11H2,1H3. The quantitative estimate of drug-likeness (QED) is 0.793. The predicted octanol–water partition coefficient (Wildman–Crippen LogP) is 2.20. The summed E-state index contributed by atoms with van der Waals surface area (Å²) < 4.78 is 10.5. The van der Waals surface area contributed by atoms with Crippen molar-refractivity contribution < 1.29 is 9.15 Å². The van der Waals surface area contributed by atoms with Crippen LogP contribution in [-0.2, 0) is 11.3 Å². The number of aromatic nitrogens is 1. The third-order valence-electron chi connectivity index (χ3n) is 2.67. The monoisotopic (exact) mass is 257 g/mol. The summed E-state index contributed by atoms with van der Waals surface area (Å²) in [5.74, 6) is 1.59. The molecule has 0 aliphatic carbocycles. The van der Waals surface area contributed by atoms with Crippen molar-refractivity contribution in [3.63, 3.8) is 0 Å². The van der Waals surface area contributed by atoms with E-state index < -0.39 is 0 Å². The minimum Gasteiger partial charge on any atom is -0.467 e. The lowest BCUT2D eigenvalue weighted by Crippen LogP contribution is -2.27. The predicted molar refractivity (Wildman–Crippen MR) is 70.6 cm³/mol. The van der Waals surface area contributed by atoms with E-state index in [0.29, 0.717) is 25.4 Å². The lowest BCUT2D eigenvalue weighted by Gasteiger charge is -2.22. The Morgan fingerprint density at radius 3 is 2.95 bits per heavy atom. The first-order chi connectivity index (χ1) is 9.33. The van der Waals surface area contributed by atoms with E-state index in [1.807, 2.05) is 35.2 Å². The molecule has 2 aromatic rings. The van der Waals surface area contributed by atoms with Crippen molar-refractivity contribution in [2.24, 2.45) is 0 Å². The lowest BCUT2D eigenvalue weighted by atomic mass is 10.3. The summed E-state index contributed by atoms with van der Waals surface area (Å²) in [5, 5.41) is 8.90. The highest BCUT2D eigenvalue weighted by Gasteiger charge is 2.10. The van der Waals surface area contributed by atoms with Crippen molar-refractivity contribution in [1.82, 2.24) is 4.98 Å². The smallest absolute Gasteiger partial charge is 0.142 e. The van der Waals surface area contributed by atoms with Gasteiger partial charge in [-0.3, -0.25) is 0 Å². The normalized spacial score (nSPS) is 10.1. The number of hydrogen-bond acceptors (Lipinski definition) is 5. The molecule has 5 nitrogen and oxygen atoms in total. The van der Waals surface area contributed by atoms with Crippen LogP contribution in [0, 0.1) is 11.3 Å². The molecule has 98 valence electrons. The maximum Gasteiger partial charge on any atom is 0.142 e. The van der Waals surface area contributed by atoms with Gasteiger partial charge in [0.25, 0.3) is 0 Å². The van der Waals surface area contributed by atoms with Gasteiger partial charge in [-0.25, -0.2) is 4.98 Å². The number of rotatable bonds is 6. The largest absolute Gasteiger partial charge is 0.467 e. The van der Waals surface area contributed by atoms with E-state index >= 15 is 0 Å². The first kappa shape index (κ1) is 13.1. The SMILES string of the molecule is COCCN(Cc1ccco1)c1cccc(C#N)n1. The topological polar surface area (TPSA) is 62.3 Å². The van der Waals surface area contributed by atoms with Crippen LogP contribution in [0.1, 0.15) is 11.5 Å². The number of methoxy groups -OCH3 is 1. The van der Waals surface area contributed by atoms with Gasteiger partial charge in [0.15, 0.2) is 0 Å². The lowest BCUT2D eigenvalue weighted by molar-refractivity contribution is 0.204. The molecule has 19 heavy (non-hydrogen) atoms. The van der Waals surface area contributed by atoms with Gasteiger partial charge < -0.3 is 14.1 Å². The van der Waals surface area contributed by atoms with E-state index in [2.05, 4.69) is 4.98 Å². The van der Waals surface area contributed by atoms with Crippen molar-refractivity contribution in [2.75, 3.05) is 25.2 Å². The Morgan fingerprint density at radius 1 is 1.37 bits per heavy atom. The second kappa shape index (κ2) is 6.57. The number of furan rings is 1. The van der Waals surface area contributed by atoms with Crippen LogP contribution in [0.5, 0.6) is 0 Å². The third kappa shape index (κ3) is 3.57. The average Bonchev–Trinajstić information content (AvgIpc) is 2.96. The highest BCUT2D eigenvalue weighted by Crippen LogP contribution is 2.15. The summed E-state index contributed by atoms with van der Waals surface area (Å²) in [5.41, 5.74) is 0.402. The Labute approximate surface area is 112 Å². The molecular weight excluding hydrogens is 242 g/mol. The van der Waals surface area contributed by atoms with E-state index in [1.165, 1.54) is 0 Å². The van der Waals surface area contributed by atoms with Gasteiger partial charge in [0.2, 0.25) is 0 Å². The number of nitrogens with zero attached hydrogens (tertiary/aromatic N) is 3. The first-order valence-electron chi connectivity index (χ1n) is 5.97. The molecule has 2 aromatic heterocycles. The molecule has 0 atom stereocenters. The van der Waals surface area contributed by atoms with Crippen LogP contribution < -0.4 is 4.90 Å². The highest BCUT2D eigenvalue weighted by atomic mass is 16.5. The summed E-state index contributed by atoms with van der Waals surface area (Å²) in [6.45, 7) is 1.86. The Balaban J connectivity index is 2.18. The Hall–Kier alpha value is -2.32. The molecule has 0 radical (unpaired) electrons. The van der Waals surface area contributed by atoms with E-state index in [9.17, 15) is 0 Å². The first-order valence-corrected chi connectivity index (χ1v) is 5.97. The fourth-order valence-electron chi connectivity index (χ4n) is 1.73. The van der Waals surface area contributed by atoms with E-state index in [4.69, 9.17) is 14.4 Å². The molecule has 0 aromatic carbocycles. The number of anilines is 1. The number of hydrogen-bond donors (Lipinski definition) is 0. The third-order valence-corrected chi connectivity index (χ3v) is 2.67. The maximum atomic E-state index is 8.90. The van der Waals surface area contributed by atoms with Crippen molar-refractivity contribution >= 4 is 5.82 Å². The van der Waals surface area contributed by atoms with Crippen LogP contribution in [0.25, 0.3) is 0 Å². The van der Waals surface area contributed by atoms with E-state index in [-0.39, 0.29) is 0 Å². The van der Waals surface area contributed by atoms with Crippen LogP contribution in [0.4, 0.5) is 5.82 Å². The molecule has 0 unspecified atom stereocenters. The number of pyridine rings is 1. The zero-order chi connectivity index (χ0) is 13.5. The summed E-state index contributed by atoms with van der Waals surface area (Å²) in [4.78, 5) is 6.31. The van der Waals surface area contributed by atoms with Gasteiger partial charge in [-0.1, -0.05) is 6.07 Å². The molecule has 0 fully saturated rings. The van der Waals surface area contributed by atoms with Crippen LogP contribution in [0.15, 0.2) is 41.0 Å². The van der Waals surface area contributed by atoms with Gasteiger partial charge in [0.05, 0.1) is 19.4 Å². The van der Waals surface area contributed by atoms with Gasteiger partial charge in [-0.15, -0.1) is 0 Å². The van der Waals surface area contributed by atoms with E-state index in [0.717, 1.165) is 11.6 Å². The summed E-state index contributed by atoms with van der Waals surface area (Å²) in [7, 11) is 1.66. The van der Waals surface area contributed by atoms with Crippen LogP contribution in [0.2, 0.25) is 0 Å². The Kier molecular flexibility index (Phi) is 4.54. The van der Waals surface area contributed by atoms with Crippen LogP contribution >= 0.6 is 0 Å². The zero-order valence-corrected chi connectivity index (χ0v) is 10.7. The zero-order valence-electron chi connectivity index (χ0n) is 10.7. The van der Waals surface area contributed by atoms with Gasteiger partial charge in [-0.05, 0) is 24.3 Å². The summed E-state index contributed by atoms with van der Waals surface area (Å²) in [6.07, 6.45) is 1.64. The number of nitriles is 1. The molecule has 5 heteroatoms. The average molecular weight is 257 g/mol. The summed E-state index contributed by atoms with van der Waals surface area (Å²) in [6, 6.07) is 11.2. The molecular formula is C14H15N3O2. The van der Waals surface area contributed by atoms with Crippen molar-refractivity contribution in [3.8, 4) is 6.07 Å². The molecule has 0 spiro atoms. The van der Waals surface area contributed by atoms with Gasteiger partial charge in [-0.2, -0.15) is 5.26 Å². The van der Waals surface area contributed by atoms with Gasteiger partial charge >= 0.3 is 0 Å². The molecule has 0 aliphatic heterocycles. The Bertz CT molecular complexity index is 546. The maximum absolute atomic E-state index is 8.90. The number of ether oxygens (including phenoxy) is 1. The summed E-state index contributed by atoms with van der Waals surface area (Å²) >= 11 is 0. The van der Waals surface area contributed by atoms with E-state index in [1.54, 1.807) is 19.4 Å². The molecule has 0 saturated carbocycles. The minimum absolute atomic E-state index is 0.402. The molecule has 0 saturated heterocycles. The van der Waals surface area contributed by atoms with Crippen LogP contribution in [0.3, 0.4) is 0 Å². The van der Waals surface area contributed by atoms with Crippen molar-refractivity contribution in [2.45, 2.75) is 6.54 Å². The van der Waals surface area contributed by atoms with Gasteiger partial charge in [0, 0.05) is 13.7 Å². The molecule has 0 N–H and O–H groups in total. The molecule has 0 aliphatic rings. The molecule has 0 amide bonds. The van der Waals surface area contributed by atoms with Gasteiger partial charge in [0.1, 0.15) is 23.3 Å². The fourth-order valence-corrected chi connectivity index (χ4v) is 1.73. The second-order valence-corrected chi connectivity index (χ2v) is 3.99.